The number of carbonyl (C=O) groups excluding carboxylic acids is 1. The van der Waals surface area contributed by atoms with Gasteiger partial charge in [-0.25, -0.2) is 4.98 Å². The standard InChI is InChI=1S/C12H12ClN3OS2/c13-10-5-15-12(19-10)16-11(17)7-4-9(18-6-7)8-2-1-3-14-8/h4-6,8,14H,1-3H2,(H,15,16,17). The fourth-order valence-corrected chi connectivity index (χ4v) is 3.87. The molecule has 3 rings (SSSR count). The van der Waals surface area contributed by atoms with E-state index in [0.717, 1.165) is 13.0 Å². The number of carbonyl (C=O) groups is 1. The molecule has 1 saturated heterocycles. The third-order valence-electron chi connectivity index (χ3n) is 2.98. The Bertz CT molecular complexity index is 589. The number of hydrogen-bond donors (Lipinski definition) is 2. The smallest absolute Gasteiger partial charge is 0.258 e. The van der Waals surface area contributed by atoms with Gasteiger partial charge in [0.1, 0.15) is 4.34 Å². The molecule has 0 aromatic carbocycles. The summed E-state index contributed by atoms with van der Waals surface area (Å²) in [6.07, 6.45) is 3.87. The molecule has 0 saturated carbocycles. The zero-order valence-electron chi connectivity index (χ0n) is 9.98. The van der Waals surface area contributed by atoms with Crippen molar-refractivity contribution in [1.82, 2.24) is 10.3 Å². The Morgan fingerprint density at radius 1 is 1.58 bits per heavy atom. The van der Waals surface area contributed by atoms with E-state index in [1.54, 1.807) is 11.3 Å². The van der Waals surface area contributed by atoms with Crippen LogP contribution in [-0.2, 0) is 0 Å². The molecule has 1 unspecified atom stereocenters. The summed E-state index contributed by atoms with van der Waals surface area (Å²) in [6.45, 7) is 1.06. The first-order chi connectivity index (χ1) is 9.22. The molecule has 4 nitrogen and oxygen atoms in total. The quantitative estimate of drug-likeness (QED) is 0.911. The largest absolute Gasteiger partial charge is 0.309 e. The summed E-state index contributed by atoms with van der Waals surface area (Å²) >= 11 is 8.66. The maximum Gasteiger partial charge on any atom is 0.258 e. The van der Waals surface area contributed by atoms with Crippen molar-refractivity contribution in [2.75, 3.05) is 11.9 Å². The van der Waals surface area contributed by atoms with Crippen LogP contribution in [0.15, 0.2) is 17.6 Å². The lowest BCUT2D eigenvalue weighted by Crippen LogP contribution is -2.12. The predicted molar refractivity (Wildman–Crippen MR) is 79.4 cm³/mol. The summed E-state index contributed by atoms with van der Waals surface area (Å²) < 4.78 is 0.566. The molecule has 1 amide bonds. The van der Waals surface area contributed by atoms with Gasteiger partial charge in [0.2, 0.25) is 0 Å². The second kappa shape index (κ2) is 5.58. The van der Waals surface area contributed by atoms with E-state index < -0.39 is 0 Å². The first-order valence-corrected chi connectivity index (χ1v) is 8.04. The van der Waals surface area contributed by atoms with Crippen LogP contribution in [0.2, 0.25) is 4.34 Å². The zero-order chi connectivity index (χ0) is 13.2. The number of amides is 1. The Morgan fingerprint density at radius 3 is 3.16 bits per heavy atom. The van der Waals surface area contributed by atoms with E-state index in [4.69, 9.17) is 11.6 Å². The number of rotatable bonds is 3. The van der Waals surface area contributed by atoms with Gasteiger partial charge in [-0.3, -0.25) is 10.1 Å². The van der Waals surface area contributed by atoms with Crippen LogP contribution in [0.1, 0.15) is 34.1 Å². The van der Waals surface area contributed by atoms with Crippen LogP contribution in [0.4, 0.5) is 5.13 Å². The Morgan fingerprint density at radius 2 is 2.47 bits per heavy atom. The highest BCUT2D eigenvalue weighted by Gasteiger charge is 2.19. The molecule has 2 N–H and O–H groups in total. The molecule has 2 aromatic heterocycles. The molecule has 7 heteroatoms. The van der Waals surface area contributed by atoms with E-state index in [0.29, 0.717) is 21.1 Å². The van der Waals surface area contributed by atoms with E-state index in [1.807, 2.05) is 11.4 Å². The average Bonchev–Trinajstić information content (AvgIpc) is 3.08. The van der Waals surface area contributed by atoms with Crippen LogP contribution in [0, 0.1) is 0 Å². The van der Waals surface area contributed by atoms with Gasteiger partial charge in [0.15, 0.2) is 5.13 Å². The molecule has 1 fully saturated rings. The molecule has 1 aliphatic rings. The van der Waals surface area contributed by atoms with Crippen molar-refractivity contribution >= 4 is 45.3 Å². The maximum atomic E-state index is 12.1. The summed E-state index contributed by atoms with van der Waals surface area (Å²) in [4.78, 5) is 17.3. The highest BCUT2D eigenvalue weighted by molar-refractivity contribution is 7.19. The Labute approximate surface area is 123 Å². The third kappa shape index (κ3) is 2.97. The summed E-state index contributed by atoms with van der Waals surface area (Å²) in [5.41, 5.74) is 0.681. The first kappa shape index (κ1) is 13.1. The molecule has 1 aliphatic heterocycles. The third-order valence-corrected chi connectivity index (χ3v) is 5.06. The lowest BCUT2D eigenvalue weighted by Gasteiger charge is -2.05. The van der Waals surface area contributed by atoms with Crippen LogP contribution in [0.25, 0.3) is 0 Å². The SMILES string of the molecule is O=C(Nc1ncc(Cl)s1)c1csc(C2CCCN2)c1. The Hall–Kier alpha value is -0.950. The molecule has 0 radical (unpaired) electrons. The van der Waals surface area contributed by atoms with Crippen LogP contribution < -0.4 is 10.6 Å². The second-order valence-electron chi connectivity index (χ2n) is 4.31. The van der Waals surface area contributed by atoms with Crippen LogP contribution in [-0.4, -0.2) is 17.4 Å². The first-order valence-electron chi connectivity index (χ1n) is 5.97. The Balaban J connectivity index is 1.69. The van der Waals surface area contributed by atoms with Crippen molar-refractivity contribution in [3.8, 4) is 0 Å². The van der Waals surface area contributed by atoms with E-state index in [9.17, 15) is 4.79 Å². The van der Waals surface area contributed by atoms with Gasteiger partial charge in [0.25, 0.3) is 5.91 Å². The molecular formula is C12H12ClN3OS2. The van der Waals surface area contributed by atoms with Gasteiger partial charge in [0, 0.05) is 16.3 Å². The molecule has 0 spiro atoms. The normalized spacial score (nSPS) is 18.7. The summed E-state index contributed by atoms with van der Waals surface area (Å²) in [7, 11) is 0. The minimum absolute atomic E-state index is 0.133. The molecule has 0 aliphatic carbocycles. The number of thiophene rings is 1. The lowest BCUT2D eigenvalue weighted by molar-refractivity contribution is 0.102. The van der Waals surface area contributed by atoms with Crippen LogP contribution >= 0.6 is 34.3 Å². The van der Waals surface area contributed by atoms with Crippen molar-refractivity contribution in [2.45, 2.75) is 18.9 Å². The molecule has 0 bridgehead atoms. The monoisotopic (exact) mass is 313 g/mol. The van der Waals surface area contributed by atoms with Crippen molar-refractivity contribution in [2.24, 2.45) is 0 Å². The van der Waals surface area contributed by atoms with Crippen LogP contribution in [0.3, 0.4) is 0 Å². The van der Waals surface area contributed by atoms with E-state index >= 15 is 0 Å². The predicted octanol–water partition coefficient (Wildman–Crippen LogP) is 3.53. The van der Waals surface area contributed by atoms with Crippen LogP contribution in [0.5, 0.6) is 0 Å². The highest BCUT2D eigenvalue weighted by Crippen LogP contribution is 2.29. The number of nitrogens with one attached hydrogen (secondary N) is 2. The summed E-state index contributed by atoms with van der Waals surface area (Å²) in [5.74, 6) is -0.133. The molecule has 1 atom stereocenters. The average molecular weight is 314 g/mol. The van der Waals surface area contributed by atoms with Gasteiger partial charge in [-0.05, 0) is 25.5 Å². The number of hydrogen-bond acceptors (Lipinski definition) is 5. The number of aromatic nitrogens is 1. The molecule has 100 valence electrons. The van der Waals surface area contributed by atoms with E-state index in [-0.39, 0.29) is 5.91 Å². The van der Waals surface area contributed by atoms with Gasteiger partial charge in [-0.1, -0.05) is 22.9 Å². The second-order valence-corrected chi connectivity index (χ2v) is 6.92. The van der Waals surface area contributed by atoms with Gasteiger partial charge in [0.05, 0.1) is 11.8 Å². The number of thiazole rings is 1. The minimum Gasteiger partial charge on any atom is -0.309 e. The summed E-state index contributed by atoms with van der Waals surface area (Å²) in [6, 6.07) is 2.36. The number of anilines is 1. The van der Waals surface area contributed by atoms with Crippen molar-refractivity contribution < 1.29 is 4.79 Å². The fraction of sp³-hybridized carbons (Fsp3) is 0.333. The van der Waals surface area contributed by atoms with E-state index in [2.05, 4.69) is 15.6 Å². The van der Waals surface area contributed by atoms with Gasteiger partial charge < -0.3 is 5.32 Å². The number of halogens is 1. The number of nitrogens with zero attached hydrogens (tertiary/aromatic N) is 1. The molecule has 2 aromatic rings. The lowest BCUT2D eigenvalue weighted by atomic mass is 10.1. The Kier molecular flexibility index (Phi) is 3.83. The maximum absolute atomic E-state index is 12.1. The minimum atomic E-state index is -0.133. The molecular weight excluding hydrogens is 302 g/mol. The van der Waals surface area contributed by atoms with Crippen molar-refractivity contribution in [1.29, 1.82) is 0 Å². The van der Waals surface area contributed by atoms with Gasteiger partial charge >= 0.3 is 0 Å². The van der Waals surface area contributed by atoms with Crippen molar-refractivity contribution in [3.63, 3.8) is 0 Å². The van der Waals surface area contributed by atoms with Gasteiger partial charge in [-0.15, -0.1) is 11.3 Å². The zero-order valence-corrected chi connectivity index (χ0v) is 12.4. The van der Waals surface area contributed by atoms with Crippen molar-refractivity contribution in [3.05, 3.63) is 32.4 Å². The highest BCUT2D eigenvalue weighted by atomic mass is 35.5. The molecule has 3 heterocycles. The summed E-state index contributed by atoms with van der Waals surface area (Å²) in [5, 5.41) is 8.60. The van der Waals surface area contributed by atoms with E-state index in [1.165, 1.54) is 28.8 Å². The van der Waals surface area contributed by atoms with Gasteiger partial charge in [-0.2, -0.15) is 0 Å². The fourth-order valence-electron chi connectivity index (χ4n) is 2.06. The molecule has 19 heavy (non-hydrogen) atoms. The topological polar surface area (TPSA) is 54.0 Å².